The summed E-state index contributed by atoms with van der Waals surface area (Å²) < 4.78 is 82.6. The number of rotatable bonds is 45. The van der Waals surface area contributed by atoms with E-state index < -0.39 is 31.3 Å². The second-order valence-electron chi connectivity index (χ2n) is 20.7. The Kier molecular flexibility index (Phi) is 36.8. The summed E-state index contributed by atoms with van der Waals surface area (Å²) in [5.41, 5.74) is 0. The van der Waals surface area contributed by atoms with Crippen LogP contribution in [0.3, 0.4) is 0 Å². The lowest BCUT2D eigenvalue weighted by molar-refractivity contribution is 0.137. The molecule has 12 unspecified atom stereocenters. The molecule has 0 aromatic rings. The second kappa shape index (κ2) is 36.5. The van der Waals surface area contributed by atoms with Crippen molar-refractivity contribution in [3.05, 3.63) is 0 Å². The molecule has 0 bridgehead atoms. The Morgan fingerprint density at radius 1 is 0.308 bits per heavy atom. The molecule has 392 valence electrons. The van der Waals surface area contributed by atoms with Gasteiger partial charge in [-0.2, -0.15) is 12.9 Å². The SMILES string of the molecule is CCC(C)CCCC(C)CCCC(C)CCOP(=O)(O)OP(=O)(OP(=O)(O)OCCC(C)CCCC(C)CCCC(C)CC)OP(=O)(O)OCCC(C)CCCC(C)CCCC(C)CC. The van der Waals surface area contributed by atoms with E-state index in [0.29, 0.717) is 37.0 Å². The maximum atomic E-state index is 13.9. The van der Waals surface area contributed by atoms with Crippen molar-refractivity contribution in [3.8, 4) is 0 Å². The lowest BCUT2D eigenvalue weighted by Crippen LogP contribution is -2.07. The van der Waals surface area contributed by atoms with E-state index in [4.69, 9.17) is 26.5 Å². The highest BCUT2D eigenvalue weighted by atomic mass is 31.3. The molecule has 12 atom stereocenters. The zero-order valence-electron chi connectivity index (χ0n) is 43.5. The number of hydrogen-bond donors (Lipinski definition) is 3. The summed E-state index contributed by atoms with van der Waals surface area (Å²) in [6.45, 7) is 25.4. The molecule has 0 rings (SSSR count). The van der Waals surface area contributed by atoms with Gasteiger partial charge in [-0.3, -0.25) is 13.6 Å². The van der Waals surface area contributed by atoms with Crippen molar-refractivity contribution < 1.29 is 59.4 Å². The van der Waals surface area contributed by atoms with E-state index in [9.17, 15) is 32.9 Å². The molecular formula is C48H102O13P4. The van der Waals surface area contributed by atoms with Crippen LogP contribution in [0.15, 0.2) is 0 Å². The number of hydrogen-bond acceptors (Lipinski definition) is 10. The lowest BCUT2D eigenvalue weighted by atomic mass is 9.92. The molecule has 0 fully saturated rings. The molecule has 0 radical (unpaired) electrons. The van der Waals surface area contributed by atoms with Gasteiger partial charge in [0.2, 0.25) is 0 Å². The maximum Gasteiger partial charge on any atom is 0.501 e. The summed E-state index contributed by atoms with van der Waals surface area (Å²) in [5, 5.41) is 0. The Balaban J connectivity index is 5.40. The molecule has 0 aliphatic carbocycles. The van der Waals surface area contributed by atoms with Crippen LogP contribution in [0.1, 0.15) is 237 Å². The van der Waals surface area contributed by atoms with E-state index in [2.05, 4.69) is 62.3 Å². The average Bonchev–Trinajstić information content (AvgIpc) is 3.19. The van der Waals surface area contributed by atoms with Gasteiger partial charge in [0, 0.05) is 0 Å². The first kappa shape index (κ1) is 65.6. The largest absolute Gasteiger partial charge is 0.501 e. The Morgan fingerprint density at radius 3 is 0.662 bits per heavy atom. The van der Waals surface area contributed by atoms with E-state index in [1.54, 1.807) is 0 Å². The van der Waals surface area contributed by atoms with Gasteiger partial charge in [0.05, 0.1) is 19.8 Å². The minimum absolute atomic E-state index is 0.120. The molecule has 0 heterocycles. The molecule has 0 spiro atoms. The van der Waals surface area contributed by atoms with Crippen molar-refractivity contribution in [2.45, 2.75) is 237 Å². The molecule has 13 nitrogen and oxygen atoms in total. The molecule has 0 aromatic heterocycles. The Hall–Kier alpha value is 0.560. The van der Waals surface area contributed by atoms with Gasteiger partial charge in [-0.1, -0.05) is 218 Å². The molecule has 0 amide bonds. The van der Waals surface area contributed by atoms with E-state index in [0.717, 1.165) is 75.5 Å². The Morgan fingerprint density at radius 2 is 0.477 bits per heavy atom. The van der Waals surface area contributed by atoms with Crippen molar-refractivity contribution in [3.63, 3.8) is 0 Å². The first-order chi connectivity index (χ1) is 30.3. The third-order valence-corrected chi connectivity index (χ3v) is 20.1. The molecular weight excluding hydrogens is 908 g/mol. The number of phosphoric ester groups is 3. The van der Waals surface area contributed by atoms with Gasteiger partial charge < -0.3 is 14.7 Å². The van der Waals surface area contributed by atoms with Crippen LogP contribution < -0.4 is 0 Å². The third kappa shape index (κ3) is 38.0. The fourth-order valence-corrected chi connectivity index (χ4v) is 13.7. The van der Waals surface area contributed by atoms with Crippen LogP contribution >= 0.6 is 31.3 Å². The molecule has 0 saturated heterocycles. The van der Waals surface area contributed by atoms with Gasteiger partial charge in [0.25, 0.3) is 0 Å². The monoisotopic (exact) mass is 1010 g/mol. The highest BCUT2D eigenvalue weighted by molar-refractivity contribution is 7.71. The first-order valence-electron chi connectivity index (χ1n) is 26.0. The molecule has 0 saturated carbocycles. The predicted octanol–water partition coefficient (Wildman–Crippen LogP) is 17.6. The maximum absolute atomic E-state index is 13.9. The fourth-order valence-electron chi connectivity index (χ4n) is 7.97. The second-order valence-corrected chi connectivity index (χ2v) is 27.2. The summed E-state index contributed by atoms with van der Waals surface area (Å²) in [7, 11) is -21.9. The van der Waals surface area contributed by atoms with Crippen LogP contribution in [0.2, 0.25) is 0 Å². The third-order valence-electron chi connectivity index (χ3n) is 13.7. The zero-order valence-corrected chi connectivity index (χ0v) is 47.1. The topological polar surface area (TPSA) is 184 Å². The predicted molar refractivity (Wildman–Crippen MR) is 268 cm³/mol. The van der Waals surface area contributed by atoms with Gasteiger partial charge in [0.15, 0.2) is 0 Å². The quantitative estimate of drug-likeness (QED) is 0.0490. The van der Waals surface area contributed by atoms with E-state index >= 15 is 0 Å². The lowest BCUT2D eigenvalue weighted by Gasteiger charge is -2.24. The van der Waals surface area contributed by atoms with E-state index in [1.165, 1.54) is 77.0 Å². The van der Waals surface area contributed by atoms with Gasteiger partial charge in [-0.15, -0.1) is 0 Å². The molecule has 0 aromatic carbocycles. The minimum atomic E-state index is -5.83. The van der Waals surface area contributed by atoms with Crippen LogP contribution in [0.5, 0.6) is 0 Å². The summed E-state index contributed by atoms with van der Waals surface area (Å²) in [6, 6.07) is 0. The van der Waals surface area contributed by atoms with Crippen LogP contribution in [0.25, 0.3) is 0 Å². The summed E-state index contributed by atoms with van der Waals surface area (Å²) >= 11 is 0. The summed E-state index contributed by atoms with van der Waals surface area (Å²) in [4.78, 5) is 31.8. The first-order valence-corrected chi connectivity index (χ1v) is 32.0. The Bertz CT molecular complexity index is 1220. The normalized spacial score (nSPS) is 20.3. The average molecular weight is 1010 g/mol. The summed E-state index contributed by atoms with van der Waals surface area (Å²) in [5.74, 6) is 4.40. The minimum Gasteiger partial charge on any atom is -0.302 e. The van der Waals surface area contributed by atoms with Crippen molar-refractivity contribution in [1.29, 1.82) is 0 Å². The van der Waals surface area contributed by atoms with Gasteiger partial charge in [0.1, 0.15) is 0 Å². The van der Waals surface area contributed by atoms with Crippen LogP contribution in [0, 0.1) is 53.3 Å². The molecule has 0 aliphatic rings. The molecule has 65 heavy (non-hydrogen) atoms. The van der Waals surface area contributed by atoms with Gasteiger partial charge in [-0.05, 0) is 72.5 Å². The molecule has 0 aliphatic heterocycles. The zero-order chi connectivity index (χ0) is 49.5. The van der Waals surface area contributed by atoms with Crippen molar-refractivity contribution in [1.82, 2.24) is 0 Å². The highest BCUT2D eigenvalue weighted by Gasteiger charge is 2.49. The smallest absolute Gasteiger partial charge is 0.302 e. The highest BCUT2D eigenvalue weighted by Crippen LogP contribution is 2.75. The molecule has 3 N–H and O–H groups in total. The summed E-state index contributed by atoms with van der Waals surface area (Å²) in [6.07, 6.45) is 24.4. The van der Waals surface area contributed by atoms with Crippen LogP contribution in [-0.4, -0.2) is 34.5 Å². The van der Waals surface area contributed by atoms with E-state index in [-0.39, 0.29) is 37.6 Å². The van der Waals surface area contributed by atoms with Crippen molar-refractivity contribution in [2.75, 3.05) is 19.8 Å². The van der Waals surface area contributed by atoms with Crippen LogP contribution in [-0.2, 0) is 44.8 Å². The molecule has 17 heteroatoms. The standard InChI is InChI=1S/C48H102O13P4/c1-13-40(4)22-16-25-43(7)28-19-31-46(10)34-37-56-62(49,50)59-65(55,60-63(51,52)57-38-35-47(11)32-20-29-44(8)26-17-23-41(5)14-2)61-64(53,54)58-39-36-48(12)33-21-30-45(9)27-18-24-42(6)15-3/h40-48H,13-39H2,1-12H3,(H,49,50)(H,51,52)(H,53,54). The van der Waals surface area contributed by atoms with Crippen LogP contribution in [0.4, 0.5) is 0 Å². The fraction of sp³-hybridized carbons (Fsp3) is 1.00. The van der Waals surface area contributed by atoms with Crippen molar-refractivity contribution in [2.24, 2.45) is 53.3 Å². The Labute approximate surface area is 399 Å². The van der Waals surface area contributed by atoms with Gasteiger partial charge in [-0.25, -0.2) is 18.3 Å². The van der Waals surface area contributed by atoms with Crippen molar-refractivity contribution >= 4 is 31.3 Å². The van der Waals surface area contributed by atoms with E-state index in [1.807, 2.05) is 20.8 Å². The van der Waals surface area contributed by atoms with Gasteiger partial charge >= 0.3 is 31.3 Å². The number of phosphoric acid groups is 4.